The first kappa shape index (κ1) is 18.2. The third kappa shape index (κ3) is 2.70. The maximum atomic E-state index is 13.5. The van der Waals surface area contributed by atoms with Crippen molar-refractivity contribution in [3.8, 4) is 11.4 Å². The average Bonchev–Trinajstić information content (AvgIpc) is 3.27. The van der Waals surface area contributed by atoms with Gasteiger partial charge in [0.1, 0.15) is 5.82 Å². The van der Waals surface area contributed by atoms with E-state index in [0.29, 0.717) is 11.4 Å². The van der Waals surface area contributed by atoms with Crippen molar-refractivity contribution in [3.05, 3.63) is 94.0 Å². The van der Waals surface area contributed by atoms with Crippen LogP contribution in [0.3, 0.4) is 0 Å². The molecule has 150 valence electrons. The predicted molar refractivity (Wildman–Crippen MR) is 114 cm³/mol. The van der Waals surface area contributed by atoms with Crippen LogP contribution < -0.4 is 10.9 Å². The molecule has 1 atom stereocenters. The fraction of sp³-hybridized carbons (Fsp3) is 0.174. The SMILES string of the molecule is Cc1c([C@@H]2CC(=O)Nc3c2cnn3-c2ccccc2)c(=O)n(-c2ccccc2)n1C. The van der Waals surface area contributed by atoms with E-state index in [1.807, 2.05) is 79.3 Å². The number of aromatic nitrogens is 4. The molecule has 1 N–H and O–H groups in total. The largest absolute Gasteiger partial charge is 0.310 e. The Morgan fingerprint density at radius 2 is 1.60 bits per heavy atom. The number of rotatable bonds is 3. The van der Waals surface area contributed by atoms with E-state index in [9.17, 15) is 9.59 Å². The van der Waals surface area contributed by atoms with E-state index >= 15 is 0 Å². The van der Waals surface area contributed by atoms with Crippen LogP contribution in [0, 0.1) is 6.92 Å². The van der Waals surface area contributed by atoms with Crippen LogP contribution in [0.1, 0.15) is 29.2 Å². The lowest BCUT2D eigenvalue weighted by Gasteiger charge is -2.23. The summed E-state index contributed by atoms with van der Waals surface area (Å²) in [6.45, 7) is 1.92. The van der Waals surface area contributed by atoms with Crippen LogP contribution in [0.15, 0.2) is 71.7 Å². The molecule has 2 aromatic carbocycles. The summed E-state index contributed by atoms with van der Waals surface area (Å²) < 4.78 is 5.21. The fourth-order valence-corrected chi connectivity index (χ4v) is 4.23. The highest BCUT2D eigenvalue weighted by atomic mass is 16.2. The van der Waals surface area contributed by atoms with Gasteiger partial charge in [0.25, 0.3) is 5.56 Å². The normalized spacial score (nSPS) is 15.7. The van der Waals surface area contributed by atoms with E-state index < -0.39 is 0 Å². The van der Waals surface area contributed by atoms with Crippen molar-refractivity contribution in [2.75, 3.05) is 5.32 Å². The Bertz CT molecular complexity index is 1300. The third-order valence-electron chi connectivity index (χ3n) is 5.77. The number of nitrogens with zero attached hydrogens (tertiary/aromatic N) is 4. The molecule has 7 heteroatoms. The number of fused-ring (bicyclic) bond motifs is 1. The van der Waals surface area contributed by atoms with E-state index in [2.05, 4.69) is 10.4 Å². The van der Waals surface area contributed by atoms with Gasteiger partial charge < -0.3 is 5.32 Å². The number of carbonyl (C=O) groups is 1. The van der Waals surface area contributed by atoms with E-state index in [1.54, 1.807) is 15.6 Å². The fourth-order valence-electron chi connectivity index (χ4n) is 4.23. The van der Waals surface area contributed by atoms with Crippen molar-refractivity contribution in [2.45, 2.75) is 19.3 Å². The summed E-state index contributed by atoms with van der Waals surface area (Å²) in [5, 5.41) is 7.46. The van der Waals surface area contributed by atoms with Crippen LogP contribution in [0.2, 0.25) is 0 Å². The minimum absolute atomic E-state index is 0.112. The lowest BCUT2D eigenvalue weighted by atomic mass is 9.87. The summed E-state index contributed by atoms with van der Waals surface area (Å²) in [6.07, 6.45) is 1.97. The van der Waals surface area contributed by atoms with Gasteiger partial charge in [-0.15, -0.1) is 0 Å². The Kier molecular flexibility index (Phi) is 4.17. The predicted octanol–water partition coefficient (Wildman–Crippen LogP) is 3.14. The van der Waals surface area contributed by atoms with Gasteiger partial charge in [0.05, 0.1) is 17.6 Å². The first-order valence-electron chi connectivity index (χ1n) is 9.83. The zero-order valence-electron chi connectivity index (χ0n) is 16.7. The Labute approximate surface area is 173 Å². The van der Waals surface area contributed by atoms with E-state index in [0.717, 1.165) is 22.6 Å². The maximum Gasteiger partial charge on any atom is 0.275 e. The molecule has 0 fully saturated rings. The molecule has 5 rings (SSSR count). The lowest BCUT2D eigenvalue weighted by Crippen LogP contribution is -2.28. The van der Waals surface area contributed by atoms with Crippen molar-refractivity contribution in [1.29, 1.82) is 0 Å². The zero-order chi connectivity index (χ0) is 20.8. The number of carbonyl (C=O) groups excluding carboxylic acids is 1. The molecule has 0 bridgehead atoms. The van der Waals surface area contributed by atoms with Crippen LogP contribution in [-0.2, 0) is 11.8 Å². The summed E-state index contributed by atoms with van der Waals surface area (Å²) in [7, 11) is 1.87. The van der Waals surface area contributed by atoms with E-state index in [4.69, 9.17) is 0 Å². The van der Waals surface area contributed by atoms with Crippen molar-refractivity contribution in [3.63, 3.8) is 0 Å². The first-order valence-corrected chi connectivity index (χ1v) is 9.83. The summed E-state index contributed by atoms with van der Waals surface area (Å²) >= 11 is 0. The zero-order valence-corrected chi connectivity index (χ0v) is 16.7. The van der Waals surface area contributed by atoms with Crippen LogP contribution in [0.25, 0.3) is 11.4 Å². The van der Waals surface area contributed by atoms with Crippen molar-refractivity contribution >= 4 is 11.7 Å². The molecular formula is C23H21N5O2. The summed E-state index contributed by atoms with van der Waals surface area (Å²) in [4.78, 5) is 26.1. The topological polar surface area (TPSA) is 73.8 Å². The molecule has 1 aliphatic rings. The van der Waals surface area contributed by atoms with Crippen LogP contribution >= 0.6 is 0 Å². The molecule has 0 aliphatic carbocycles. The summed E-state index contributed by atoms with van der Waals surface area (Å²) in [5.74, 6) is 0.144. The highest BCUT2D eigenvalue weighted by Gasteiger charge is 2.34. The van der Waals surface area contributed by atoms with E-state index in [-0.39, 0.29) is 23.8 Å². The highest BCUT2D eigenvalue weighted by Crippen LogP contribution is 2.38. The number of hydrogen-bond acceptors (Lipinski definition) is 3. The van der Waals surface area contributed by atoms with Gasteiger partial charge in [0.15, 0.2) is 0 Å². The van der Waals surface area contributed by atoms with Crippen molar-refractivity contribution in [1.82, 2.24) is 19.1 Å². The standard InChI is InChI=1S/C23H21N5O2/c1-15-21(23(30)28(26(15)2)17-11-7-4-8-12-17)18-13-20(29)25-22-19(18)14-24-27(22)16-9-5-3-6-10-16/h3-12,14,18H,13H2,1-2H3,(H,25,29)/t18-/m1/s1. The Morgan fingerprint density at radius 1 is 0.967 bits per heavy atom. The maximum absolute atomic E-state index is 13.5. The molecule has 0 unspecified atom stereocenters. The molecule has 0 radical (unpaired) electrons. The monoisotopic (exact) mass is 399 g/mol. The quantitative estimate of drug-likeness (QED) is 0.575. The van der Waals surface area contributed by atoms with Crippen molar-refractivity contribution in [2.24, 2.45) is 7.05 Å². The third-order valence-corrected chi connectivity index (χ3v) is 5.77. The Hall–Kier alpha value is -3.87. The number of benzene rings is 2. The number of para-hydroxylation sites is 2. The molecule has 0 spiro atoms. The van der Waals surface area contributed by atoms with Gasteiger partial charge in [-0.25, -0.2) is 9.36 Å². The van der Waals surface area contributed by atoms with Gasteiger partial charge in [-0.3, -0.25) is 14.3 Å². The lowest BCUT2D eigenvalue weighted by molar-refractivity contribution is -0.116. The number of nitrogens with one attached hydrogen (secondary N) is 1. The Morgan fingerprint density at radius 3 is 2.27 bits per heavy atom. The van der Waals surface area contributed by atoms with Gasteiger partial charge in [-0.05, 0) is 31.2 Å². The molecule has 3 heterocycles. The molecule has 2 aromatic heterocycles. The second-order valence-corrected chi connectivity index (χ2v) is 7.48. The van der Waals surface area contributed by atoms with Gasteiger partial charge in [-0.2, -0.15) is 5.10 Å². The Balaban J connectivity index is 1.68. The van der Waals surface area contributed by atoms with Gasteiger partial charge in [0.2, 0.25) is 5.91 Å². The van der Waals surface area contributed by atoms with E-state index in [1.165, 1.54) is 0 Å². The average molecular weight is 399 g/mol. The molecular weight excluding hydrogens is 378 g/mol. The summed E-state index contributed by atoms with van der Waals surface area (Å²) in [6, 6.07) is 19.2. The smallest absolute Gasteiger partial charge is 0.275 e. The summed E-state index contributed by atoms with van der Waals surface area (Å²) in [5.41, 5.74) is 3.85. The molecule has 0 saturated carbocycles. The molecule has 1 aliphatic heterocycles. The van der Waals surface area contributed by atoms with Crippen molar-refractivity contribution < 1.29 is 4.79 Å². The number of hydrogen-bond donors (Lipinski definition) is 1. The van der Waals surface area contributed by atoms with Gasteiger partial charge in [0, 0.05) is 36.2 Å². The molecule has 30 heavy (non-hydrogen) atoms. The highest BCUT2D eigenvalue weighted by molar-refractivity contribution is 5.94. The van der Waals surface area contributed by atoms with Crippen LogP contribution in [0.4, 0.5) is 5.82 Å². The molecule has 7 nitrogen and oxygen atoms in total. The minimum Gasteiger partial charge on any atom is -0.310 e. The molecule has 1 amide bonds. The molecule has 0 saturated heterocycles. The van der Waals surface area contributed by atoms with Crippen LogP contribution in [0.5, 0.6) is 0 Å². The van der Waals surface area contributed by atoms with Gasteiger partial charge in [-0.1, -0.05) is 36.4 Å². The minimum atomic E-state index is -0.352. The number of anilines is 1. The second kappa shape index (κ2) is 6.88. The van der Waals surface area contributed by atoms with Gasteiger partial charge >= 0.3 is 0 Å². The second-order valence-electron chi connectivity index (χ2n) is 7.48. The molecule has 4 aromatic rings. The first-order chi connectivity index (χ1) is 14.6. The number of amides is 1. The van der Waals surface area contributed by atoms with Crippen LogP contribution in [-0.4, -0.2) is 25.1 Å².